The lowest BCUT2D eigenvalue weighted by Gasteiger charge is -2.15. The summed E-state index contributed by atoms with van der Waals surface area (Å²) in [6.45, 7) is 5.85. The molecule has 1 saturated heterocycles. The molecule has 0 spiro atoms. The summed E-state index contributed by atoms with van der Waals surface area (Å²) in [5, 5.41) is 5.62. The number of fused-ring (bicyclic) bond motifs is 1. The molecule has 1 aliphatic rings. The molecule has 0 atom stereocenters. The van der Waals surface area contributed by atoms with Crippen LogP contribution < -0.4 is 5.56 Å². The highest BCUT2D eigenvalue weighted by molar-refractivity contribution is 5.87. The molecule has 0 radical (unpaired) electrons. The maximum absolute atomic E-state index is 13.2. The van der Waals surface area contributed by atoms with Gasteiger partial charge in [-0.05, 0) is 44.4 Å². The van der Waals surface area contributed by atoms with Crippen molar-refractivity contribution < 1.29 is 9.18 Å². The monoisotopic (exact) mass is 382 g/mol. The van der Waals surface area contributed by atoms with Crippen LogP contribution in [-0.4, -0.2) is 38.2 Å². The average molecular weight is 382 g/mol. The van der Waals surface area contributed by atoms with Crippen molar-refractivity contribution in [2.45, 2.75) is 39.8 Å². The highest BCUT2D eigenvalue weighted by Crippen LogP contribution is 2.23. The van der Waals surface area contributed by atoms with Gasteiger partial charge >= 0.3 is 0 Å². The predicted molar refractivity (Wildman–Crippen MR) is 105 cm³/mol. The van der Waals surface area contributed by atoms with Crippen molar-refractivity contribution in [1.29, 1.82) is 0 Å². The Bertz CT molecular complexity index is 1090. The van der Waals surface area contributed by atoms with Crippen LogP contribution in [0.3, 0.4) is 0 Å². The summed E-state index contributed by atoms with van der Waals surface area (Å²) in [5.74, 6) is -0.337. The Morgan fingerprint density at radius 2 is 1.79 bits per heavy atom. The first-order chi connectivity index (χ1) is 13.5. The third-order valence-corrected chi connectivity index (χ3v) is 5.60. The highest BCUT2D eigenvalue weighted by Gasteiger charge is 2.21. The van der Waals surface area contributed by atoms with Crippen molar-refractivity contribution >= 4 is 16.7 Å². The van der Waals surface area contributed by atoms with Crippen molar-refractivity contribution in [2.75, 3.05) is 13.1 Å². The van der Waals surface area contributed by atoms with Crippen LogP contribution in [-0.2, 0) is 17.9 Å². The first-order valence-corrected chi connectivity index (χ1v) is 9.53. The van der Waals surface area contributed by atoms with E-state index >= 15 is 0 Å². The molecule has 3 aromatic rings. The van der Waals surface area contributed by atoms with E-state index in [4.69, 9.17) is 0 Å². The highest BCUT2D eigenvalue weighted by atomic mass is 19.1. The summed E-state index contributed by atoms with van der Waals surface area (Å²) < 4.78 is 16.5. The maximum atomic E-state index is 13.2. The van der Waals surface area contributed by atoms with Gasteiger partial charge in [0.2, 0.25) is 5.91 Å². The SMILES string of the molecule is Cc1c2cnn(CC(=O)N3CCCC3)c(=O)c2c(C)n1Cc1ccc(F)cc1. The molecular formula is C21H23FN4O2. The normalized spacial score (nSPS) is 14.2. The van der Waals surface area contributed by atoms with E-state index in [1.54, 1.807) is 23.2 Å². The molecule has 0 N–H and O–H groups in total. The number of rotatable bonds is 4. The standard InChI is InChI=1S/C21H23FN4O2/c1-14-18-11-23-26(13-19(27)24-9-3-4-10-24)21(28)20(18)15(2)25(14)12-16-5-7-17(22)8-6-16/h5-8,11H,3-4,9-10,12-13H2,1-2H3. The molecule has 0 bridgehead atoms. The van der Waals surface area contributed by atoms with E-state index in [9.17, 15) is 14.0 Å². The van der Waals surface area contributed by atoms with Gasteiger partial charge in [-0.3, -0.25) is 9.59 Å². The second-order valence-corrected chi connectivity index (χ2v) is 7.37. The van der Waals surface area contributed by atoms with E-state index in [1.165, 1.54) is 16.8 Å². The summed E-state index contributed by atoms with van der Waals surface area (Å²) in [5.41, 5.74) is 2.46. The van der Waals surface area contributed by atoms with Crippen LogP contribution >= 0.6 is 0 Å². The molecule has 0 unspecified atom stereocenters. The number of likely N-dealkylation sites (tertiary alicyclic amines) is 1. The number of amides is 1. The topological polar surface area (TPSA) is 60.1 Å². The molecule has 146 valence electrons. The predicted octanol–water partition coefficient (Wildman–Crippen LogP) is 2.62. The molecule has 4 rings (SSSR count). The van der Waals surface area contributed by atoms with Crippen LogP contribution in [0.25, 0.3) is 10.8 Å². The largest absolute Gasteiger partial charge is 0.343 e. The molecule has 0 saturated carbocycles. The molecule has 28 heavy (non-hydrogen) atoms. The number of aryl methyl sites for hydroxylation is 2. The van der Waals surface area contributed by atoms with Crippen molar-refractivity contribution in [3.8, 4) is 0 Å². The molecule has 1 aromatic carbocycles. The molecule has 2 aromatic heterocycles. The number of carbonyl (C=O) groups excluding carboxylic acids is 1. The van der Waals surface area contributed by atoms with Gasteiger partial charge in [-0.1, -0.05) is 12.1 Å². The Morgan fingerprint density at radius 3 is 2.46 bits per heavy atom. The minimum atomic E-state index is -0.274. The minimum absolute atomic E-state index is 0.0313. The van der Waals surface area contributed by atoms with Crippen LogP contribution in [0.15, 0.2) is 35.3 Å². The maximum Gasteiger partial charge on any atom is 0.276 e. The van der Waals surface area contributed by atoms with Gasteiger partial charge in [-0.2, -0.15) is 5.10 Å². The summed E-state index contributed by atoms with van der Waals surface area (Å²) in [6, 6.07) is 6.34. The van der Waals surface area contributed by atoms with Gasteiger partial charge in [0.05, 0.1) is 11.6 Å². The minimum Gasteiger partial charge on any atom is -0.343 e. The molecule has 1 aliphatic heterocycles. The van der Waals surface area contributed by atoms with Crippen LogP contribution in [0.2, 0.25) is 0 Å². The van der Waals surface area contributed by atoms with Crippen LogP contribution in [0, 0.1) is 19.7 Å². The molecule has 1 fully saturated rings. The number of hydrogen-bond acceptors (Lipinski definition) is 3. The second-order valence-electron chi connectivity index (χ2n) is 7.37. The van der Waals surface area contributed by atoms with E-state index < -0.39 is 0 Å². The smallest absolute Gasteiger partial charge is 0.276 e. The first-order valence-electron chi connectivity index (χ1n) is 9.53. The third-order valence-electron chi connectivity index (χ3n) is 5.60. The fourth-order valence-electron chi connectivity index (χ4n) is 3.96. The number of nitrogens with zero attached hydrogens (tertiary/aromatic N) is 4. The van der Waals surface area contributed by atoms with Crippen LogP contribution in [0.4, 0.5) is 4.39 Å². The summed E-state index contributed by atoms with van der Waals surface area (Å²) >= 11 is 0. The Kier molecular flexibility index (Phi) is 4.75. The number of aromatic nitrogens is 3. The number of carbonyl (C=O) groups is 1. The van der Waals surface area contributed by atoms with Crippen molar-refractivity contribution in [3.63, 3.8) is 0 Å². The van der Waals surface area contributed by atoms with Crippen molar-refractivity contribution in [2.24, 2.45) is 0 Å². The van der Waals surface area contributed by atoms with Gasteiger partial charge < -0.3 is 9.47 Å². The van der Waals surface area contributed by atoms with Gasteiger partial charge in [0.15, 0.2) is 0 Å². The molecule has 1 amide bonds. The number of hydrogen-bond donors (Lipinski definition) is 0. The molecular weight excluding hydrogens is 359 g/mol. The summed E-state index contributed by atoms with van der Waals surface area (Å²) in [4.78, 5) is 27.2. The van der Waals surface area contributed by atoms with Gasteiger partial charge in [-0.25, -0.2) is 9.07 Å². The zero-order valence-electron chi connectivity index (χ0n) is 16.1. The lowest BCUT2D eigenvalue weighted by molar-refractivity contribution is -0.131. The van der Waals surface area contributed by atoms with Gasteiger partial charge in [0.25, 0.3) is 5.56 Å². The Hall–Kier alpha value is -2.96. The van der Waals surface area contributed by atoms with Crippen LogP contribution in [0.5, 0.6) is 0 Å². The summed E-state index contributed by atoms with van der Waals surface area (Å²) in [6.07, 6.45) is 3.69. The van der Waals surface area contributed by atoms with Gasteiger partial charge in [-0.15, -0.1) is 0 Å². The molecule has 3 heterocycles. The Morgan fingerprint density at radius 1 is 1.11 bits per heavy atom. The average Bonchev–Trinajstić information content (AvgIpc) is 3.29. The lowest BCUT2D eigenvalue weighted by atomic mass is 10.2. The molecule has 0 aliphatic carbocycles. The van der Waals surface area contributed by atoms with Crippen molar-refractivity contribution in [3.05, 3.63) is 63.6 Å². The fraction of sp³-hybridized carbons (Fsp3) is 0.381. The zero-order valence-corrected chi connectivity index (χ0v) is 16.1. The van der Waals surface area contributed by atoms with Gasteiger partial charge in [0, 0.05) is 36.4 Å². The third kappa shape index (κ3) is 3.21. The van der Waals surface area contributed by atoms with E-state index in [0.717, 1.165) is 48.3 Å². The second kappa shape index (κ2) is 7.22. The number of benzene rings is 1. The van der Waals surface area contributed by atoms with E-state index in [1.807, 2.05) is 18.4 Å². The molecule has 7 heteroatoms. The Labute approximate surface area is 162 Å². The van der Waals surface area contributed by atoms with E-state index in [2.05, 4.69) is 5.10 Å². The first kappa shape index (κ1) is 18.4. The zero-order chi connectivity index (χ0) is 19.8. The lowest BCUT2D eigenvalue weighted by Crippen LogP contribution is -2.35. The van der Waals surface area contributed by atoms with Crippen molar-refractivity contribution in [1.82, 2.24) is 19.2 Å². The van der Waals surface area contributed by atoms with E-state index in [0.29, 0.717) is 11.9 Å². The fourth-order valence-corrected chi connectivity index (χ4v) is 3.96. The summed E-state index contributed by atoms with van der Waals surface area (Å²) in [7, 11) is 0. The van der Waals surface area contributed by atoms with E-state index in [-0.39, 0.29) is 23.8 Å². The van der Waals surface area contributed by atoms with Gasteiger partial charge in [0.1, 0.15) is 12.4 Å². The Balaban J connectivity index is 1.70. The quantitative estimate of drug-likeness (QED) is 0.697. The molecule has 6 nitrogen and oxygen atoms in total. The van der Waals surface area contributed by atoms with Crippen LogP contribution in [0.1, 0.15) is 29.8 Å². The number of halogens is 1.